The van der Waals surface area contributed by atoms with Crippen molar-refractivity contribution in [1.29, 1.82) is 0 Å². The van der Waals surface area contributed by atoms with E-state index in [0.717, 1.165) is 5.92 Å². The first-order valence-corrected chi connectivity index (χ1v) is 7.21. The smallest absolute Gasteiger partial charge is 0.0270 e. The van der Waals surface area contributed by atoms with Crippen LogP contribution in [0.3, 0.4) is 0 Å². The van der Waals surface area contributed by atoms with Gasteiger partial charge in [0.1, 0.15) is 0 Å². The third-order valence-electron chi connectivity index (χ3n) is 3.46. The molecule has 1 atom stereocenters. The number of aryl methyl sites for hydroxylation is 1. The van der Waals surface area contributed by atoms with E-state index in [-0.39, 0.29) is 0 Å². The molecule has 0 aliphatic carbocycles. The highest BCUT2D eigenvalue weighted by Gasteiger charge is 2.01. The van der Waals surface area contributed by atoms with Gasteiger partial charge >= 0.3 is 0 Å². The zero-order valence-electron chi connectivity index (χ0n) is 11.5. The van der Waals surface area contributed by atoms with Gasteiger partial charge in [-0.2, -0.15) is 0 Å². The SMILES string of the molecule is CCCCCC(C)CCCCc1ccncc1. The van der Waals surface area contributed by atoms with E-state index in [1.165, 1.54) is 56.9 Å². The average Bonchev–Trinajstić information content (AvgIpc) is 2.36. The topological polar surface area (TPSA) is 12.9 Å². The number of pyridine rings is 1. The molecule has 1 aromatic heterocycles. The number of rotatable bonds is 9. The second-order valence-electron chi connectivity index (χ2n) is 5.20. The van der Waals surface area contributed by atoms with Crippen LogP contribution in [0.25, 0.3) is 0 Å². The van der Waals surface area contributed by atoms with Gasteiger partial charge in [0.15, 0.2) is 0 Å². The Kier molecular flexibility index (Phi) is 7.70. The molecule has 1 heterocycles. The Hall–Kier alpha value is -0.850. The quantitative estimate of drug-likeness (QED) is 0.546. The molecule has 0 aliphatic heterocycles. The molecule has 1 rings (SSSR count). The molecular formula is C16H27N. The lowest BCUT2D eigenvalue weighted by Crippen LogP contribution is -1.95. The van der Waals surface area contributed by atoms with Gasteiger partial charge < -0.3 is 0 Å². The van der Waals surface area contributed by atoms with Crippen molar-refractivity contribution in [1.82, 2.24) is 4.98 Å². The van der Waals surface area contributed by atoms with Gasteiger partial charge in [-0.3, -0.25) is 4.98 Å². The summed E-state index contributed by atoms with van der Waals surface area (Å²) in [5.74, 6) is 0.916. The maximum atomic E-state index is 4.04. The second kappa shape index (κ2) is 9.21. The summed E-state index contributed by atoms with van der Waals surface area (Å²) in [6.45, 7) is 4.68. The zero-order valence-corrected chi connectivity index (χ0v) is 11.5. The minimum absolute atomic E-state index is 0.916. The van der Waals surface area contributed by atoms with Crippen molar-refractivity contribution in [3.8, 4) is 0 Å². The summed E-state index contributed by atoms with van der Waals surface area (Å²) in [5, 5.41) is 0. The van der Waals surface area contributed by atoms with Gasteiger partial charge in [0.05, 0.1) is 0 Å². The van der Waals surface area contributed by atoms with Crippen molar-refractivity contribution in [3.05, 3.63) is 30.1 Å². The minimum atomic E-state index is 0.916. The van der Waals surface area contributed by atoms with Gasteiger partial charge in [-0.1, -0.05) is 52.4 Å². The molecular weight excluding hydrogens is 206 g/mol. The molecule has 0 aromatic carbocycles. The van der Waals surface area contributed by atoms with Gasteiger partial charge in [0, 0.05) is 12.4 Å². The van der Waals surface area contributed by atoms with Gasteiger partial charge in [-0.15, -0.1) is 0 Å². The van der Waals surface area contributed by atoms with Crippen LogP contribution in [-0.4, -0.2) is 4.98 Å². The van der Waals surface area contributed by atoms with E-state index in [1.54, 1.807) is 0 Å². The van der Waals surface area contributed by atoms with Crippen molar-refractivity contribution in [2.45, 2.75) is 65.2 Å². The van der Waals surface area contributed by atoms with Gasteiger partial charge in [0.25, 0.3) is 0 Å². The van der Waals surface area contributed by atoms with E-state index in [9.17, 15) is 0 Å². The van der Waals surface area contributed by atoms with Crippen molar-refractivity contribution in [2.24, 2.45) is 5.92 Å². The summed E-state index contributed by atoms with van der Waals surface area (Å²) >= 11 is 0. The Morgan fingerprint density at radius 2 is 1.65 bits per heavy atom. The Morgan fingerprint density at radius 3 is 2.29 bits per heavy atom. The van der Waals surface area contributed by atoms with Gasteiger partial charge in [-0.25, -0.2) is 0 Å². The first-order chi connectivity index (χ1) is 8.33. The fourth-order valence-corrected chi connectivity index (χ4v) is 2.26. The van der Waals surface area contributed by atoms with Crippen LogP contribution in [0.2, 0.25) is 0 Å². The molecule has 0 fully saturated rings. The molecule has 0 radical (unpaired) electrons. The Labute approximate surface area is 107 Å². The molecule has 0 spiro atoms. The Bertz CT molecular complexity index is 268. The van der Waals surface area contributed by atoms with E-state index in [2.05, 4.69) is 31.0 Å². The van der Waals surface area contributed by atoms with E-state index < -0.39 is 0 Å². The molecule has 17 heavy (non-hydrogen) atoms. The van der Waals surface area contributed by atoms with E-state index in [0.29, 0.717) is 0 Å². The Morgan fingerprint density at radius 1 is 1.00 bits per heavy atom. The number of hydrogen-bond acceptors (Lipinski definition) is 1. The lowest BCUT2D eigenvalue weighted by atomic mass is 9.96. The molecule has 0 saturated carbocycles. The van der Waals surface area contributed by atoms with Gasteiger partial charge in [-0.05, 0) is 36.5 Å². The molecule has 0 saturated heterocycles. The van der Waals surface area contributed by atoms with E-state index in [4.69, 9.17) is 0 Å². The number of nitrogens with zero attached hydrogens (tertiary/aromatic N) is 1. The summed E-state index contributed by atoms with van der Waals surface area (Å²) in [4.78, 5) is 4.04. The van der Waals surface area contributed by atoms with Crippen LogP contribution in [0.15, 0.2) is 24.5 Å². The highest BCUT2D eigenvalue weighted by atomic mass is 14.6. The van der Waals surface area contributed by atoms with Crippen LogP contribution in [0, 0.1) is 5.92 Å². The number of hydrogen-bond donors (Lipinski definition) is 0. The summed E-state index contributed by atoms with van der Waals surface area (Å²) < 4.78 is 0. The molecule has 96 valence electrons. The van der Waals surface area contributed by atoms with Crippen molar-refractivity contribution in [2.75, 3.05) is 0 Å². The van der Waals surface area contributed by atoms with Crippen LogP contribution in [0.1, 0.15) is 64.4 Å². The van der Waals surface area contributed by atoms with Crippen molar-refractivity contribution < 1.29 is 0 Å². The fraction of sp³-hybridized carbons (Fsp3) is 0.688. The van der Waals surface area contributed by atoms with E-state index in [1.807, 2.05) is 12.4 Å². The zero-order chi connectivity index (χ0) is 12.3. The number of unbranched alkanes of at least 4 members (excludes halogenated alkanes) is 3. The van der Waals surface area contributed by atoms with E-state index >= 15 is 0 Å². The maximum Gasteiger partial charge on any atom is 0.0270 e. The normalized spacial score (nSPS) is 12.6. The first kappa shape index (κ1) is 14.2. The predicted octanol–water partition coefficient (Wildman–Crippen LogP) is 5.01. The first-order valence-electron chi connectivity index (χ1n) is 7.21. The molecule has 0 bridgehead atoms. The molecule has 1 heteroatoms. The maximum absolute atomic E-state index is 4.04. The third kappa shape index (κ3) is 7.14. The monoisotopic (exact) mass is 233 g/mol. The van der Waals surface area contributed by atoms with Crippen LogP contribution in [-0.2, 0) is 6.42 Å². The Balaban J connectivity index is 2.00. The van der Waals surface area contributed by atoms with Crippen LogP contribution < -0.4 is 0 Å². The van der Waals surface area contributed by atoms with Crippen molar-refractivity contribution in [3.63, 3.8) is 0 Å². The highest BCUT2D eigenvalue weighted by molar-refractivity contribution is 5.09. The summed E-state index contributed by atoms with van der Waals surface area (Å²) in [6.07, 6.45) is 14.7. The lowest BCUT2D eigenvalue weighted by molar-refractivity contribution is 0.444. The highest BCUT2D eigenvalue weighted by Crippen LogP contribution is 2.16. The average molecular weight is 233 g/mol. The standard InChI is InChI=1S/C16H27N/c1-3-4-5-8-15(2)9-6-7-10-16-11-13-17-14-12-16/h11-15H,3-10H2,1-2H3. The summed E-state index contributed by atoms with van der Waals surface area (Å²) in [5.41, 5.74) is 1.43. The number of aromatic nitrogens is 1. The fourth-order valence-electron chi connectivity index (χ4n) is 2.26. The largest absolute Gasteiger partial charge is 0.265 e. The van der Waals surface area contributed by atoms with Crippen LogP contribution in [0.5, 0.6) is 0 Å². The third-order valence-corrected chi connectivity index (χ3v) is 3.46. The lowest BCUT2D eigenvalue weighted by Gasteiger charge is -2.10. The molecule has 1 aromatic rings. The van der Waals surface area contributed by atoms with Crippen LogP contribution >= 0.6 is 0 Å². The second-order valence-corrected chi connectivity index (χ2v) is 5.20. The molecule has 0 N–H and O–H groups in total. The molecule has 0 aliphatic rings. The summed E-state index contributed by atoms with van der Waals surface area (Å²) in [6, 6.07) is 4.26. The van der Waals surface area contributed by atoms with Gasteiger partial charge in [0.2, 0.25) is 0 Å². The summed E-state index contributed by atoms with van der Waals surface area (Å²) in [7, 11) is 0. The molecule has 1 unspecified atom stereocenters. The minimum Gasteiger partial charge on any atom is -0.265 e. The van der Waals surface area contributed by atoms with Crippen LogP contribution in [0.4, 0.5) is 0 Å². The molecule has 0 amide bonds. The molecule has 1 nitrogen and oxygen atoms in total. The van der Waals surface area contributed by atoms with Crippen molar-refractivity contribution >= 4 is 0 Å². The predicted molar refractivity (Wildman–Crippen MR) is 75.1 cm³/mol.